The summed E-state index contributed by atoms with van der Waals surface area (Å²) < 4.78 is 33.6. The van der Waals surface area contributed by atoms with Crippen molar-refractivity contribution >= 4 is 27.6 Å². The standard InChI is InChI=1S/C24H32N6O3S.Na/c1-28-14-24(15-28)10-18(11-24)30(19-12-25-29(2)13-19)34(32,33)27-23(31)26-22-20-7-3-5-16(20)9-17-6-4-8-21(17)22;/h9,12-13,18H,3-8,10-11,14-15H2,1-2H3,(H2,26,27,31);/q;+1/p-1. The Kier molecular flexibility index (Phi) is 6.49. The maximum absolute atomic E-state index is 13.5. The third kappa shape index (κ3) is 4.41. The molecule has 0 atom stereocenters. The second-order valence-electron chi connectivity index (χ2n) is 10.6. The zero-order valence-electron chi connectivity index (χ0n) is 20.7. The number of hydrogen-bond acceptors (Lipinski definition) is 5. The fraction of sp³-hybridized carbons (Fsp3) is 0.583. The van der Waals surface area contributed by atoms with Gasteiger partial charge in [-0.3, -0.25) is 13.8 Å². The number of amides is 2. The molecule has 2 heterocycles. The van der Waals surface area contributed by atoms with Gasteiger partial charge in [0.05, 0.1) is 11.9 Å². The van der Waals surface area contributed by atoms with Gasteiger partial charge >= 0.3 is 29.6 Å². The first-order valence-corrected chi connectivity index (χ1v) is 13.5. The molecular weight excluding hydrogens is 475 g/mol. The van der Waals surface area contributed by atoms with Gasteiger partial charge in [-0.05, 0) is 91.8 Å². The van der Waals surface area contributed by atoms with Crippen molar-refractivity contribution in [3.8, 4) is 0 Å². The van der Waals surface area contributed by atoms with Crippen LogP contribution in [0.5, 0.6) is 0 Å². The minimum Gasteiger partial charge on any atom is -0.423 e. The first kappa shape index (κ1) is 25.1. The predicted octanol–water partition coefficient (Wildman–Crippen LogP) is 0.153. The largest absolute Gasteiger partial charge is 1.00 e. The van der Waals surface area contributed by atoms with Crippen LogP contribution < -0.4 is 39.2 Å². The Morgan fingerprint density at radius 1 is 1.11 bits per heavy atom. The molecule has 0 unspecified atom stereocenters. The Bertz CT molecular complexity index is 1230. The number of carbonyl (C=O) groups is 1. The van der Waals surface area contributed by atoms with Crippen LogP contribution in [0.3, 0.4) is 0 Å². The monoisotopic (exact) mass is 506 g/mol. The Morgan fingerprint density at radius 2 is 1.74 bits per heavy atom. The molecule has 0 bridgehead atoms. The minimum absolute atomic E-state index is 0. The zero-order chi connectivity index (χ0) is 23.7. The molecule has 11 heteroatoms. The molecule has 1 saturated heterocycles. The van der Waals surface area contributed by atoms with Crippen molar-refractivity contribution in [3.05, 3.63) is 45.4 Å². The molecular formula is C24H31N6NaO3S. The van der Waals surface area contributed by atoms with Gasteiger partial charge in [0.2, 0.25) is 0 Å². The average molecular weight is 507 g/mol. The fourth-order valence-corrected chi connectivity index (χ4v) is 7.99. The van der Waals surface area contributed by atoms with Gasteiger partial charge in [0.25, 0.3) is 10.2 Å². The molecule has 1 aromatic heterocycles. The number of aryl methyl sites for hydroxylation is 3. The summed E-state index contributed by atoms with van der Waals surface area (Å²) in [5, 5.41) is 7.05. The van der Waals surface area contributed by atoms with Crippen LogP contribution in [0.15, 0.2) is 18.5 Å². The zero-order valence-corrected chi connectivity index (χ0v) is 23.6. The molecule has 35 heavy (non-hydrogen) atoms. The van der Waals surface area contributed by atoms with E-state index < -0.39 is 16.2 Å². The van der Waals surface area contributed by atoms with E-state index in [0.29, 0.717) is 5.69 Å². The van der Waals surface area contributed by atoms with E-state index in [9.17, 15) is 13.2 Å². The van der Waals surface area contributed by atoms with Gasteiger partial charge in [0.15, 0.2) is 6.03 Å². The van der Waals surface area contributed by atoms with Crippen LogP contribution in [0.1, 0.15) is 47.9 Å². The molecule has 2 aromatic rings. The number of benzene rings is 1. The molecule has 182 valence electrons. The van der Waals surface area contributed by atoms with E-state index in [-0.39, 0.29) is 41.0 Å². The van der Waals surface area contributed by atoms with Crippen molar-refractivity contribution in [2.45, 2.75) is 57.4 Å². The van der Waals surface area contributed by atoms with Gasteiger partial charge in [0, 0.05) is 32.4 Å². The first-order valence-electron chi connectivity index (χ1n) is 12.2. The van der Waals surface area contributed by atoms with Crippen LogP contribution in [0.4, 0.5) is 16.2 Å². The topological polar surface area (TPSA) is 102 Å². The molecule has 2 fully saturated rings. The van der Waals surface area contributed by atoms with Crippen molar-refractivity contribution in [1.82, 2.24) is 14.7 Å². The molecule has 1 saturated carbocycles. The molecule has 1 aliphatic heterocycles. The summed E-state index contributed by atoms with van der Waals surface area (Å²) in [4.78, 5) is 15.3. The van der Waals surface area contributed by atoms with E-state index in [1.165, 1.54) is 21.6 Å². The van der Waals surface area contributed by atoms with Crippen LogP contribution in [-0.4, -0.2) is 55.3 Å². The third-order valence-corrected chi connectivity index (χ3v) is 9.38. The quantitative estimate of drug-likeness (QED) is 0.582. The van der Waals surface area contributed by atoms with Crippen LogP contribution in [0, 0.1) is 5.41 Å². The number of nitrogens with zero attached hydrogens (tertiary/aromatic N) is 5. The predicted molar refractivity (Wildman–Crippen MR) is 130 cm³/mol. The van der Waals surface area contributed by atoms with Gasteiger partial charge in [-0.1, -0.05) is 6.07 Å². The molecule has 4 aliphatic rings. The molecule has 2 amide bonds. The van der Waals surface area contributed by atoms with Gasteiger partial charge in [-0.25, -0.2) is 8.42 Å². The first-order chi connectivity index (χ1) is 16.2. The Hall–Kier alpha value is -1.59. The minimum atomic E-state index is -4.24. The average Bonchev–Trinajstić information content (AvgIpc) is 3.45. The Balaban J connectivity index is 0.00000253. The molecule has 1 spiro atoms. The van der Waals surface area contributed by atoms with E-state index >= 15 is 0 Å². The van der Waals surface area contributed by atoms with Gasteiger partial charge in [-0.15, -0.1) is 0 Å². The van der Waals surface area contributed by atoms with E-state index in [1.54, 1.807) is 17.9 Å². The van der Waals surface area contributed by atoms with Crippen molar-refractivity contribution < 1.29 is 42.8 Å². The summed E-state index contributed by atoms with van der Waals surface area (Å²) in [6, 6.07) is 1.24. The van der Waals surface area contributed by atoms with E-state index in [1.807, 2.05) is 0 Å². The summed E-state index contributed by atoms with van der Waals surface area (Å²) in [5.41, 5.74) is 6.30. The summed E-state index contributed by atoms with van der Waals surface area (Å²) in [7, 11) is -0.416. The fourth-order valence-electron chi connectivity index (χ4n) is 6.76. The van der Waals surface area contributed by atoms with Crippen LogP contribution in [-0.2, 0) is 42.9 Å². The number of likely N-dealkylation sites (tertiary alicyclic amines) is 1. The molecule has 9 nitrogen and oxygen atoms in total. The van der Waals surface area contributed by atoms with E-state index in [4.69, 9.17) is 0 Å². The summed E-state index contributed by atoms with van der Waals surface area (Å²) >= 11 is 0. The summed E-state index contributed by atoms with van der Waals surface area (Å²) in [5.74, 6) is 0. The number of anilines is 2. The van der Waals surface area contributed by atoms with Crippen LogP contribution >= 0.6 is 0 Å². The van der Waals surface area contributed by atoms with E-state index in [0.717, 1.165) is 81.3 Å². The number of aromatic nitrogens is 2. The SMILES string of the molecule is CN1CC2(CC(N(c3cnn(C)c3)S(=O)(=O)[N-]C(=O)Nc3c4c(cc5c3CCC5)CCC4)C2)C1.[Na+]. The van der Waals surface area contributed by atoms with Crippen LogP contribution in [0.25, 0.3) is 4.72 Å². The molecule has 6 rings (SSSR count). The number of nitrogens with one attached hydrogen (secondary N) is 1. The van der Waals surface area contributed by atoms with Gasteiger partial charge in [-0.2, -0.15) is 5.10 Å². The third-order valence-electron chi connectivity index (χ3n) is 7.98. The number of carbonyl (C=O) groups excluding carboxylic acids is 1. The Morgan fingerprint density at radius 3 is 2.29 bits per heavy atom. The normalized spacial score (nSPS) is 20.4. The number of fused-ring (bicyclic) bond motifs is 2. The van der Waals surface area contributed by atoms with Crippen molar-refractivity contribution in [2.75, 3.05) is 29.8 Å². The number of rotatable bonds is 5. The molecule has 1 aromatic carbocycles. The second-order valence-corrected chi connectivity index (χ2v) is 12.1. The van der Waals surface area contributed by atoms with Crippen molar-refractivity contribution in [3.63, 3.8) is 0 Å². The second kappa shape index (κ2) is 9.06. The molecule has 1 N–H and O–H groups in total. The molecule has 3 aliphatic carbocycles. The maximum atomic E-state index is 13.5. The summed E-state index contributed by atoms with van der Waals surface area (Å²) in [6.45, 7) is 1.96. The molecule has 0 radical (unpaired) electrons. The van der Waals surface area contributed by atoms with Crippen molar-refractivity contribution in [1.29, 1.82) is 0 Å². The number of urea groups is 1. The smallest absolute Gasteiger partial charge is 0.423 e. The maximum Gasteiger partial charge on any atom is 1.00 e. The van der Waals surface area contributed by atoms with E-state index in [2.05, 4.69) is 33.2 Å². The van der Waals surface area contributed by atoms with Crippen molar-refractivity contribution in [2.24, 2.45) is 12.5 Å². The summed E-state index contributed by atoms with van der Waals surface area (Å²) in [6.07, 6.45) is 10.7. The van der Waals surface area contributed by atoms with Crippen LogP contribution in [0.2, 0.25) is 0 Å². The Labute approximate surface area is 229 Å². The van der Waals surface area contributed by atoms with Gasteiger partial charge < -0.3 is 14.9 Å². The number of hydrogen-bond donors (Lipinski definition) is 1. The van der Waals surface area contributed by atoms with Gasteiger partial charge in [0.1, 0.15) is 0 Å².